The van der Waals surface area contributed by atoms with Crippen molar-refractivity contribution in [2.75, 3.05) is 6.54 Å². The van der Waals surface area contributed by atoms with Crippen molar-refractivity contribution < 1.29 is 0 Å². The molecule has 0 aromatic carbocycles. The summed E-state index contributed by atoms with van der Waals surface area (Å²) < 4.78 is 0. The standard InChI is InChI=1S/C6H13N5/c1-5(2-7)8-3-6-9-4-10-11-6/h4-5,8H,2-3,7H2,1H3,(H,9,10,11). The number of aromatic amines is 1. The number of H-pyrrole nitrogens is 1. The van der Waals surface area contributed by atoms with Gasteiger partial charge in [0.2, 0.25) is 0 Å². The average Bonchev–Trinajstić information content (AvgIpc) is 2.52. The van der Waals surface area contributed by atoms with Crippen LogP contribution in [0.5, 0.6) is 0 Å². The first-order chi connectivity index (χ1) is 5.33. The fraction of sp³-hybridized carbons (Fsp3) is 0.667. The third kappa shape index (κ3) is 2.65. The molecule has 11 heavy (non-hydrogen) atoms. The van der Waals surface area contributed by atoms with Crippen LogP contribution in [0.25, 0.3) is 0 Å². The van der Waals surface area contributed by atoms with Gasteiger partial charge in [-0.3, -0.25) is 5.10 Å². The van der Waals surface area contributed by atoms with E-state index in [9.17, 15) is 0 Å². The van der Waals surface area contributed by atoms with Crippen molar-refractivity contribution in [1.29, 1.82) is 0 Å². The Balaban J connectivity index is 2.23. The molecule has 0 saturated heterocycles. The fourth-order valence-electron chi connectivity index (χ4n) is 0.670. The van der Waals surface area contributed by atoms with Crippen LogP contribution in [0.4, 0.5) is 0 Å². The van der Waals surface area contributed by atoms with E-state index in [1.165, 1.54) is 6.33 Å². The lowest BCUT2D eigenvalue weighted by molar-refractivity contribution is 0.544. The van der Waals surface area contributed by atoms with E-state index in [4.69, 9.17) is 5.73 Å². The summed E-state index contributed by atoms with van der Waals surface area (Å²) in [6.45, 7) is 3.35. The second-order valence-electron chi connectivity index (χ2n) is 2.45. The fourth-order valence-corrected chi connectivity index (χ4v) is 0.670. The van der Waals surface area contributed by atoms with Crippen molar-refractivity contribution in [3.8, 4) is 0 Å². The molecule has 0 fully saturated rings. The maximum Gasteiger partial charge on any atom is 0.138 e. The summed E-state index contributed by atoms with van der Waals surface area (Å²) in [7, 11) is 0. The smallest absolute Gasteiger partial charge is 0.138 e. The van der Waals surface area contributed by atoms with Crippen molar-refractivity contribution in [3.05, 3.63) is 12.2 Å². The highest BCUT2D eigenvalue weighted by atomic mass is 15.2. The number of hydrogen-bond donors (Lipinski definition) is 3. The molecular formula is C6H13N5. The van der Waals surface area contributed by atoms with Gasteiger partial charge >= 0.3 is 0 Å². The normalized spacial score (nSPS) is 13.3. The van der Waals surface area contributed by atoms with E-state index < -0.39 is 0 Å². The topological polar surface area (TPSA) is 79.6 Å². The molecule has 1 unspecified atom stereocenters. The Morgan fingerprint density at radius 3 is 3.18 bits per heavy atom. The number of hydrogen-bond acceptors (Lipinski definition) is 4. The number of nitrogens with zero attached hydrogens (tertiary/aromatic N) is 2. The molecule has 0 aliphatic heterocycles. The Hall–Kier alpha value is -0.940. The van der Waals surface area contributed by atoms with Crippen molar-refractivity contribution in [2.24, 2.45) is 5.73 Å². The Morgan fingerprint density at radius 2 is 2.64 bits per heavy atom. The molecule has 0 saturated carbocycles. The molecule has 0 spiro atoms. The van der Waals surface area contributed by atoms with Gasteiger partial charge in [-0.1, -0.05) is 0 Å². The number of rotatable bonds is 4. The zero-order chi connectivity index (χ0) is 8.10. The summed E-state index contributed by atoms with van der Waals surface area (Å²) >= 11 is 0. The molecule has 0 bridgehead atoms. The Morgan fingerprint density at radius 1 is 1.82 bits per heavy atom. The Labute approximate surface area is 65.4 Å². The first-order valence-electron chi connectivity index (χ1n) is 3.60. The molecule has 0 aliphatic rings. The van der Waals surface area contributed by atoms with Gasteiger partial charge < -0.3 is 11.1 Å². The monoisotopic (exact) mass is 155 g/mol. The van der Waals surface area contributed by atoms with Gasteiger partial charge in [-0.15, -0.1) is 0 Å². The maximum atomic E-state index is 5.40. The van der Waals surface area contributed by atoms with Gasteiger partial charge in [0.25, 0.3) is 0 Å². The van der Waals surface area contributed by atoms with Crippen LogP contribution in [0, 0.1) is 0 Å². The summed E-state index contributed by atoms with van der Waals surface area (Å²) in [4.78, 5) is 3.95. The largest absolute Gasteiger partial charge is 0.329 e. The van der Waals surface area contributed by atoms with Crippen LogP contribution in [0.1, 0.15) is 12.7 Å². The molecule has 1 atom stereocenters. The molecule has 5 heteroatoms. The number of aromatic nitrogens is 3. The predicted octanol–water partition coefficient (Wildman–Crippen LogP) is -0.758. The minimum absolute atomic E-state index is 0.320. The first-order valence-corrected chi connectivity index (χ1v) is 3.60. The van der Waals surface area contributed by atoms with Crippen LogP contribution in [0.3, 0.4) is 0 Å². The van der Waals surface area contributed by atoms with E-state index in [-0.39, 0.29) is 0 Å². The third-order valence-electron chi connectivity index (χ3n) is 1.44. The summed E-state index contributed by atoms with van der Waals surface area (Å²) in [5.74, 6) is 0.838. The van der Waals surface area contributed by atoms with Gasteiger partial charge in [0, 0.05) is 12.6 Å². The Kier molecular flexibility index (Phi) is 3.00. The molecular weight excluding hydrogens is 142 g/mol. The highest BCUT2D eigenvalue weighted by Gasteiger charge is 1.98. The maximum absolute atomic E-state index is 5.40. The average molecular weight is 155 g/mol. The van der Waals surface area contributed by atoms with Gasteiger partial charge in [0.15, 0.2) is 0 Å². The van der Waals surface area contributed by atoms with E-state index in [0.29, 0.717) is 19.1 Å². The molecule has 0 aliphatic carbocycles. The molecule has 4 N–H and O–H groups in total. The van der Waals surface area contributed by atoms with Gasteiger partial charge in [-0.05, 0) is 6.92 Å². The van der Waals surface area contributed by atoms with Gasteiger partial charge in [-0.25, -0.2) is 4.98 Å². The number of nitrogens with two attached hydrogens (primary N) is 1. The molecule has 62 valence electrons. The summed E-state index contributed by atoms with van der Waals surface area (Å²) in [5, 5.41) is 9.65. The summed E-state index contributed by atoms with van der Waals surface area (Å²) in [6.07, 6.45) is 1.49. The van der Waals surface area contributed by atoms with E-state index in [1.54, 1.807) is 0 Å². The molecule has 1 rings (SSSR count). The van der Waals surface area contributed by atoms with E-state index >= 15 is 0 Å². The molecule has 0 radical (unpaired) electrons. The van der Waals surface area contributed by atoms with Gasteiger partial charge in [-0.2, -0.15) is 5.10 Å². The summed E-state index contributed by atoms with van der Waals surface area (Å²) in [5.41, 5.74) is 5.40. The van der Waals surface area contributed by atoms with Crippen LogP contribution in [0.15, 0.2) is 6.33 Å². The zero-order valence-corrected chi connectivity index (χ0v) is 6.54. The molecule has 1 heterocycles. The lowest BCUT2D eigenvalue weighted by atomic mass is 10.3. The number of nitrogens with one attached hydrogen (secondary N) is 2. The predicted molar refractivity (Wildman–Crippen MR) is 41.7 cm³/mol. The molecule has 1 aromatic rings. The molecule has 1 aromatic heterocycles. The SMILES string of the molecule is CC(CN)NCc1ncn[nH]1. The van der Waals surface area contributed by atoms with Gasteiger partial charge in [0.05, 0.1) is 6.54 Å². The second-order valence-corrected chi connectivity index (χ2v) is 2.45. The zero-order valence-electron chi connectivity index (χ0n) is 6.54. The quantitative estimate of drug-likeness (QED) is 0.534. The van der Waals surface area contributed by atoms with Crippen molar-refractivity contribution in [2.45, 2.75) is 19.5 Å². The third-order valence-corrected chi connectivity index (χ3v) is 1.44. The van der Waals surface area contributed by atoms with E-state index in [0.717, 1.165) is 5.82 Å². The van der Waals surface area contributed by atoms with Crippen LogP contribution >= 0.6 is 0 Å². The highest BCUT2D eigenvalue weighted by molar-refractivity contribution is 4.79. The van der Waals surface area contributed by atoms with Gasteiger partial charge in [0.1, 0.15) is 12.2 Å². The minimum atomic E-state index is 0.320. The van der Waals surface area contributed by atoms with E-state index in [2.05, 4.69) is 20.5 Å². The Bertz CT molecular complexity index is 183. The van der Waals surface area contributed by atoms with Crippen molar-refractivity contribution in [3.63, 3.8) is 0 Å². The second kappa shape index (κ2) is 4.05. The van der Waals surface area contributed by atoms with Crippen molar-refractivity contribution in [1.82, 2.24) is 20.5 Å². The molecule has 0 amide bonds. The minimum Gasteiger partial charge on any atom is -0.329 e. The van der Waals surface area contributed by atoms with Crippen LogP contribution in [0.2, 0.25) is 0 Å². The highest BCUT2D eigenvalue weighted by Crippen LogP contribution is 1.85. The van der Waals surface area contributed by atoms with Crippen molar-refractivity contribution >= 4 is 0 Å². The molecule has 5 nitrogen and oxygen atoms in total. The first kappa shape index (κ1) is 8.16. The summed E-state index contributed by atoms with van der Waals surface area (Å²) in [6, 6.07) is 0.320. The lowest BCUT2D eigenvalue weighted by Gasteiger charge is -2.08. The van der Waals surface area contributed by atoms with Crippen LogP contribution in [-0.4, -0.2) is 27.8 Å². The lowest BCUT2D eigenvalue weighted by Crippen LogP contribution is -2.32. The van der Waals surface area contributed by atoms with Crippen LogP contribution < -0.4 is 11.1 Å². The van der Waals surface area contributed by atoms with E-state index in [1.807, 2.05) is 6.92 Å². The van der Waals surface area contributed by atoms with Crippen LogP contribution in [-0.2, 0) is 6.54 Å².